The molecule has 0 amide bonds. The first kappa shape index (κ1) is 12.2. The van der Waals surface area contributed by atoms with E-state index in [0.717, 1.165) is 24.8 Å². The summed E-state index contributed by atoms with van der Waals surface area (Å²) < 4.78 is 0. The summed E-state index contributed by atoms with van der Waals surface area (Å²) in [5, 5.41) is 3.62. The standard InChI is InChI=1S/C14H24N4/c1-10(2)11-3-4-18(7-11)8-12-5-13-14(6-15-12)17-9-16-13/h9-12,15H,3-8H2,1-2H3,(H,16,17). The second-order valence-electron chi connectivity index (χ2n) is 6.16. The summed E-state index contributed by atoms with van der Waals surface area (Å²) in [7, 11) is 0. The number of hydrogen-bond donors (Lipinski definition) is 2. The highest BCUT2D eigenvalue weighted by Crippen LogP contribution is 2.24. The second kappa shape index (κ2) is 5.02. The van der Waals surface area contributed by atoms with Crippen LogP contribution in [0.3, 0.4) is 0 Å². The maximum absolute atomic E-state index is 4.41. The first-order valence-electron chi connectivity index (χ1n) is 7.19. The molecular formula is C14H24N4. The van der Waals surface area contributed by atoms with Crippen LogP contribution in [0.1, 0.15) is 31.7 Å². The zero-order valence-corrected chi connectivity index (χ0v) is 11.4. The zero-order chi connectivity index (χ0) is 12.5. The minimum absolute atomic E-state index is 0.576. The van der Waals surface area contributed by atoms with Gasteiger partial charge in [0.25, 0.3) is 0 Å². The highest BCUT2D eigenvalue weighted by atomic mass is 15.2. The molecule has 0 aliphatic carbocycles. The van der Waals surface area contributed by atoms with E-state index in [1.54, 1.807) is 0 Å². The van der Waals surface area contributed by atoms with Crippen molar-refractivity contribution in [2.45, 2.75) is 39.3 Å². The minimum Gasteiger partial charge on any atom is -0.347 e. The molecule has 1 fully saturated rings. The molecule has 1 aromatic rings. The maximum atomic E-state index is 4.41. The van der Waals surface area contributed by atoms with Crippen LogP contribution in [0.4, 0.5) is 0 Å². The van der Waals surface area contributed by atoms with Crippen molar-refractivity contribution in [3.05, 3.63) is 17.7 Å². The molecule has 18 heavy (non-hydrogen) atoms. The highest BCUT2D eigenvalue weighted by molar-refractivity contribution is 5.16. The Morgan fingerprint density at radius 2 is 2.39 bits per heavy atom. The third-order valence-corrected chi connectivity index (χ3v) is 4.54. The fourth-order valence-corrected chi connectivity index (χ4v) is 3.24. The lowest BCUT2D eigenvalue weighted by Crippen LogP contribution is -2.44. The van der Waals surface area contributed by atoms with Gasteiger partial charge in [-0.05, 0) is 24.8 Å². The normalized spacial score (nSPS) is 28.8. The largest absolute Gasteiger partial charge is 0.347 e. The number of likely N-dealkylation sites (tertiary alicyclic amines) is 1. The Morgan fingerprint density at radius 3 is 3.17 bits per heavy atom. The van der Waals surface area contributed by atoms with Crippen LogP contribution in [-0.2, 0) is 13.0 Å². The van der Waals surface area contributed by atoms with E-state index in [1.165, 1.54) is 37.4 Å². The Bertz CT molecular complexity index is 398. The summed E-state index contributed by atoms with van der Waals surface area (Å²) in [5.41, 5.74) is 2.53. The molecule has 1 aromatic heterocycles. The molecule has 1 saturated heterocycles. The summed E-state index contributed by atoms with van der Waals surface area (Å²) in [6, 6.07) is 0.576. The molecule has 0 radical (unpaired) electrons. The van der Waals surface area contributed by atoms with Gasteiger partial charge in [0.05, 0.1) is 17.7 Å². The Labute approximate surface area is 109 Å². The van der Waals surface area contributed by atoms with Crippen LogP contribution in [0.15, 0.2) is 6.33 Å². The van der Waals surface area contributed by atoms with Gasteiger partial charge < -0.3 is 15.2 Å². The minimum atomic E-state index is 0.576. The third kappa shape index (κ3) is 2.45. The summed E-state index contributed by atoms with van der Waals surface area (Å²) in [4.78, 5) is 10.2. The number of imidazole rings is 1. The smallest absolute Gasteiger partial charge is 0.0925 e. The number of nitrogens with zero attached hydrogens (tertiary/aromatic N) is 2. The Morgan fingerprint density at radius 1 is 1.50 bits per heavy atom. The average Bonchev–Trinajstić information content (AvgIpc) is 2.96. The van der Waals surface area contributed by atoms with Crippen molar-refractivity contribution in [3.63, 3.8) is 0 Å². The molecule has 2 atom stereocenters. The molecule has 0 spiro atoms. The molecule has 2 N–H and O–H groups in total. The van der Waals surface area contributed by atoms with Crippen molar-refractivity contribution in [2.75, 3.05) is 19.6 Å². The molecular weight excluding hydrogens is 224 g/mol. The highest BCUT2D eigenvalue weighted by Gasteiger charge is 2.28. The maximum Gasteiger partial charge on any atom is 0.0925 e. The predicted molar refractivity (Wildman–Crippen MR) is 72.3 cm³/mol. The third-order valence-electron chi connectivity index (χ3n) is 4.54. The van der Waals surface area contributed by atoms with Gasteiger partial charge in [0, 0.05) is 32.1 Å². The van der Waals surface area contributed by atoms with E-state index >= 15 is 0 Å². The molecule has 2 aliphatic heterocycles. The van der Waals surface area contributed by atoms with Crippen LogP contribution >= 0.6 is 0 Å². The molecule has 0 saturated carbocycles. The topological polar surface area (TPSA) is 44.0 Å². The van der Waals surface area contributed by atoms with E-state index in [0.29, 0.717) is 6.04 Å². The van der Waals surface area contributed by atoms with Gasteiger partial charge in [0.15, 0.2) is 0 Å². The van der Waals surface area contributed by atoms with E-state index < -0.39 is 0 Å². The predicted octanol–water partition coefficient (Wildman–Crippen LogP) is 1.40. The molecule has 2 unspecified atom stereocenters. The lowest BCUT2D eigenvalue weighted by atomic mass is 9.95. The van der Waals surface area contributed by atoms with Gasteiger partial charge in [-0.1, -0.05) is 13.8 Å². The first-order chi connectivity index (χ1) is 8.72. The van der Waals surface area contributed by atoms with Crippen molar-refractivity contribution in [2.24, 2.45) is 11.8 Å². The Kier molecular flexibility index (Phi) is 3.39. The quantitative estimate of drug-likeness (QED) is 0.850. The number of fused-ring (bicyclic) bond motifs is 1. The number of rotatable bonds is 3. The van der Waals surface area contributed by atoms with E-state index in [9.17, 15) is 0 Å². The van der Waals surface area contributed by atoms with E-state index in [1.807, 2.05) is 6.33 Å². The van der Waals surface area contributed by atoms with E-state index in [4.69, 9.17) is 0 Å². The summed E-state index contributed by atoms with van der Waals surface area (Å²) in [6.45, 7) is 9.38. The molecule has 3 heterocycles. The molecule has 0 bridgehead atoms. The number of hydrogen-bond acceptors (Lipinski definition) is 3. The van der Waals surface area contributed by atoms with Crippen LogP contribution in [0, 0.1) is 11.8 Å². The molecule has 4 nitrogen and oxygen atoms in total. The van der Waals surface area contributed by atoms with Crippen molar-refractivity contribution in [1.29, 1.82) is 0 Å². The lowest BCUT2D eigenvalue weighted by Gasteiger charge is -2.28. The molecule has 100 valence electrons. The van der Waals surface area contributed by atoms with Gasteiger partial charge in [-0.2, -0.15) is 0 Å². The second-order valence-corrected chi connectivity index (χ2v) is 6.16. The Hall–Kier alpha value is -0.870. The molecule has 0 aromatic carbocycles. The Balaban J connectivity index is 1.53. The van der Waals surface area contributed by atoms with Gasteiger partial charge >= 0.3 is 0 Å². The summed E-state index contributed by atoms with van der Waals surface area (Å²) in [6.07, 6.45) is 4.26. The fourth-order valence-electron chi connectivity index (χ4n) is 3.24. The van der Waals surface area contributed by atoms with Crippen LogP contribution in [-0.4, -0.2) is 40.5 Å². The first-order valence-corrected chi connectivity index (χ1v) is 7.19. The van der Waals surface area contributed by atoms with Crippen molar-refractivity contribution >= 4 is 0 Å². The van der Waals surface area contributed by atoms with Gasteiger partial charge in [-0.25, -0.2) is 4.98 Å². The van der Waals surface area contributed by atoms with Gasteiger partial charge in [-0.3, -0.25) is 0 Å². The SMILES string of the molecule is CC(C)C1CCN(CC2Cc3nc[nH]c3CN2)C1. The van der Waals surface area contributed by atoms with Crippen molar-refractivity contribution in [3.8, 4) is 0 Å². The zero-order valence-electron chi connectivity index (χ0n) is 11.4. The van der Waals surface area contributed by atoms with Crippen LogP contribution < -0.4 is 5.32 Å². The number of nitrogens with one attached hydrogen (secondary N) is 2. The van der Waals surface area contributed by atoms with E-state index in [2.05, 4.69) is 34.0 Å². The van der Waals surface area contributed by atoms with Crippen LogP contribution in [0.2, 0.25) is 0 Å². The van der Waals surface area contributed by atoms with Crippen LogP contribution in [0.25, 0.3) is 0 Å². The monoisotopic (exact) mass is 248 g/mol. The lowest BCUT2D eigenvalue weighted by molar-refractivity contribution is 0.261. The van der Waals surface area contributed by atoms with Crippen LogP contribution in [0.5, 0.6) is 0 Å². The number of aromatic amines is 1. The van der Waals surface area contributed by atoms with Gasteiger partial charge in [0.2, 0.25) is 0 Å². The van der Waals surface area contributed by atoms with Gasteiger partial charge in [-0.15, -0.1) is 0 Å². The van der Waals surface area contributed by atoms with Crippen molar-refractivity contribution < 1.29 is 0 Å². The van der Waals surface area contributed by atoms with Crippen molar-refractivity contribution in [1.82, 2.24) is 20.2 Å². The fraction of sp³-hybridized carbons (Fsp3) is 0.786. The number of H-pyrrole nitrogens is 1. The molecule has 3 rings (SSSR count). The number of aromatic nitrogens is 2. The van der Waals surface area contributed by atoms with Gasteiger partial charge in [0.1, 0.15) is 0 Å². The molecule has 4 heteroatoms. The average molecular weight is 248 g/mol. The summed E-state index contributed by atoms with van der Waals surface area (Å²) in [5.74, 6) is 1.72. The summed E-state index contributed by atoms with van der Waals surface area (Å²) >= 11 is 0. The molecule has 2 aliphatic rings. The van der Waals surface area contributed by atoms with E-state index in [-0.39, 0.29) is 0 Å².